The minimum atomic E-state index is -0.475. The second-order valence-corrected chi connectivity index (χ2v) is 4.45. The standard InChI is InChI=1S/C15H16FNO3/c1-10(13-4-3-7-20-13)17-15(18)9-11-5-6-14(19-2)12(16)8-11/h3-8,10H,9H2,1-2H3,(H,17,18)/t10-/m0/s1. The van der Waals surface area contributed by atoms with Gasteiger partial charge in [0, 0.05) is 0 Å². The number of nitrogens with one attached hydrogen (secondary N) is 1. The van der Waals surface area contributed by atoms with E-state index in [-0.39, 0.29) is 24.1 Å². The predicted octanol–water partition coefficient (Wildman–Crippen LogP) is 2.85. The maximum Gasteiger partial charge on any atom is 0.225 e. The fourth-order valence-electron chi connectivity index (χ4n) is 1.91. The van der Waals surface area contributed by atoms with Crippen molar-refractivity contribution in [1.29, 1.82) is 0 Å². The van der Waals surface area contributed by atoms with E-state index >= 15 is 0 Å². The molecule has 2 aromatic rings. The van der Waals surface area contributed by atoms with Gasteiger partial charge in [-0.1, -0.05) is 6.07 Å². The molecule has 0 aliphatic rings. The third-order valence-corrected chi connectivity index (χ3v) is 2.93. The molecule has 0 saturated heterocycles. The van der Waals surface area contributed by atoms with Crippen LogP contribution in [-0.4, -0.2) is 13.0 Å². The molecule has 1 N–H and O–H groups in total. The van der Waals surface area contributed by atoms with Gasteiger partial charge in [0.15, 0.2) is 11.6 Å². The summed E-state index contributed by atoms with van der Waals surface area (Å²) in [7, 11) is 1.40. The highest BCUT2D eigenvalue weighted by Gasteiger charge is 2.13. The van der Waals surface area contributed by atoms with Crippen molar-refractivity contribution in [2.75, 3.05) is 7.11 Å². The number of furan rings is 1. The molecule has 4 nitrogen and oxygen atoms in total. The summed E-state index contributed by atoms with van der Waals surface area (Å²) < 4.78 is 23.5. The Bertz CT molecular complexity index is 581. The lowest BCUT2D eigenvalue weighted by molar-refractivity contribution is -0.121. The van der Waals surface area contributed by atoms with Gasteiger partial charge in [0.2, 0.25) is 5.91 Å². The summed E-state index contributed by atoms with van der Waals surface area (Å²) in [5.74, 6) is 0.174. The van der Waals surface area contributed by atoms with Gasteiger partial charge in [0.25, 0.3) is 0 Å². The second-order valence-electron chi connectivity index (χ2n) is 4.45. The van der Waals surface area contributed by atoms with Gasteiger partial charge in [0.1, 0.15) is 5.76 Å². The molecular weight excluding hydrogens is 261 g/mol. The van der Waals surface area contributed by atoms with Crippen LogP contribution in [0.5, 0.6) is 5.75 Å². The van der Waals surface area contributed by atoms with E-state index in [1.54, 1.807) is 24.5 Å². The molecule has 0 bridgehead atoms. The number of methoxy groups -OCH3 is 1. The monoisotopic (exact) mass is 277 g/mol. The summed E-state index contributed by atoms with van der Waals surface area (Å²) in [6.07, 6.45) is 1.66. The number of benzene rings is 1. The molecule has 0 aliphatic carbocycles. The maximum atomic E-state index is 13.5. The Labute approximate surface area is 116 Å². The van der Waals surface area contributed by atoms with Crippen LogP contribution < -0.4 is 10.1 Å². The second kappa shape index (κ2) is 6.23. The van der Waals surface area contributed by atoms with E-state index in [4.69, 9.17) is 9.15 Å². The SMILES string of the molecule is COc1ccc(CC(=O)N[C@@H](C)c2ccco2)cc1F. The Hall–Kier alpha value is -2.30. The molecule has 0 fully saturated rings. The lowest BCUT2D eigenvalue weighted by atomic mass is 10.1. The van der Waals surface area contributed by atoms with Crippen molar-refractivity contribution in [3.8, 4) is 5.75 Å². The topological polar surface area (TPSA) is 51.5 Å². The first kappa shape index (κ1) is 14.1. The number of carbonyl (C=O) groups is 1. The Kier molecular flexibility index (Phi) is 4.40. The summed E-state index contributed by atoms with van der Waals surface area (Å²) in [6.45, 7) is 1.82. The number of hydrogen-bond donors (Lipinski definition) is 1. The van der Waals surface area contributed by atoms with Gasteiger partial charge in [-0.15, -0.1) is 0 Å². The van der Waals surface area contributed by atoms with Crippen molar-refractivity contribution in [2.24, 2.45) is 0 Å². The van der Waals surface area contributed by atoms with E-state index in [2.05, 4.69) is 5.32 Å². The summed E-state index contributed by atoms with van der Waals surface area (Å²) in [5, 5.41) is 2.79. The molecule has 1 aromatic heterocycles. The van der Waals surface area contributed by atoms with E-state index in [0.29, 0.717) is 11.3 Å². The van der Waals surface area contributed by atoms with Gasteiger partial charge in [-0.3, -0.25) is 4.79 Å². The van der Waals surface area contributed by atoms with Crippen molar-refractivity contribution in [1.82, 2.24) is 5.32 Å². The zero-order valence-corrected chi connectivity index (χ0v) is 11.4. The molecule has 106 valence electrons. The molecular formula is C15H16FNO3. The smallest absolute Gasteiger partial charge is 0.225 e. The van der Waals surface area contributed by atoms with Crippen LogP contribution in [0.1, 0.15) is 24.3 Å². The highest BCUT2D eigenvalue weighted by molar-refractivity contribution is 5.78. The Morgan fingerprint density at radius 3 is 2.85 bits per heavy atom. The van der Waals surface area contributed by atoms with Crippen LogP contribution in [-0.2, 0) is 11.2 Å². The summed E-state index contributed by atoms with van der Waals surface area (Å²) >= 11 is 0. The normalized spacial score (nSPS) is 11.9. The van der Waals surface area contributed by atoms with E-state index in [1.165, 1.54) is 19.2 Å². The van der Waals surface area contributed by atoms with E-state index < -0.39 is 5.82 Å². The van der Waals surface area contributed by atoms with Crippen LogP contribution in [0.3, 0.4) is 0 Å². The molecule has 5 heteroatoms. The minimum Gasteiger partial charge on any atom is -0.494 e. The predicted molar refractivity (Wildman–Crippen MR) is 71.9 cm³/mol. The molecule has 1 amide bonds. The molecule has 1 atom stereocenters. The fourth-order valence-corrected chi connectivity index (χ4v) is 1.91. The summed E-state index contributed by atoms with van der Waals surface area (Å²) in [6, 6.07) is 7.80. The number of ether oxygens (including phenoxy) is 1. The third-order valence-electron chi connectivity index (χ3n) is 2.93. The van der Waals surface area contributed by atoms with Gasteiger partial charge in [-0.05, 0) is 36.8 Å². The Balaban J connectivity index is 1.96. The zero-order chi connectivity index (χ0) is 14.5. The summed E-state index contributed by atoms with van der Waals surface area (Å²) in [4.78, 5) is 11.9. The molecule has 20 heavy (non-hydrogen) atoms. The number of halogens is 1. The molecule has 1 heterocycles. The molecule has 0 radical (unpaired) electrons. The van der Waals surface area contributed by atoms with Gasteiger partial charge in [0.05, 0.1) is 25.8 Å². The number of amides is 1. The van der Waals surface area contributed by atoms with Crippen molar-refractivity contribution < 1.29 is 18.3 Å². The van der Waals surface area contributed by atoms with Gasteiger partial charge < -0.3 is 14.5 Å². The van der Waals surface area contributed by atoms with Gasteiger partial charge >= 0.3 is 0 Å². The first-order valence-electron chi connectivity index (χ1n) is 6.25. The van der Waals surface area contributed by atoms with Crippen molar-refractivity contribution in [2.45, 2.75) is 19.4 Å². The van der Waals surface area contributed by atoms with Crippen LogP contribution in [0.2, 0.25) is 0 Å². The number of hydrogen-bond acceptors (Lipinski definition) is 3. The fraction of sp³-hybridized carbons (Fsp3) is 0.267. The van der Waals surface area contributed by atoms with Gasteiger partial charge in [-0.2, -0.15) is 0 Å². The minimum absolute atomic E-state index is 0.103. The van der Waals surface area contributed by atoms with Crippen molar-refractivity contribution in [3.05, 3.63) is 53.7 Å². The third kappa shape index (κ3) is 3.38. The molecule has 0 unspecified atom stereocenters. The van der Waals surface area contributed by atoms with Crippen LogP contribution in [0.4, 0.5) is 4.39 Å². The first-order valence-corrected chi connectivity index (χ1v) is 6.25. The molecule has 2 rings (SSSR count). The van der Waals surface area contributed by atoms with Crippen LogP contribution in [0.15, 0.2) is 41.0 Å². The van der Waals surface area contributed by atoms with E-state index in [1.807, 2.05) is 6.92 Å². The molecule has 0 saturated carbocycles. The quantitative estimate of drug-likeness (QED) is 0.914. The van der Waals surface area contributed by atoms with Gasteiger partial charge in [-0.25, -0.2) is 4.39 Å². The summed E-state index contributed by atoms with van der Waals surface area (Å²) in [5.41, 5.74) is 0.590. The van der Waals surface area contributed by atoms with Crippen LogP contribution in [0, 0.1) is 5.82 Å². The van der Waals surface area contributed by atoms with Crippen LogP contribution in [0.25, 0.3) is 0 Å². The highest BCUT2D eigenvalue weighted by atomic mass is 19.1. The van der Waals surface area contributed by atoms with E-state index in [9.17, 15) is 9.18 Å². The Morgan fingerprint density at radius 1 is 1.45 bits per heavy atom. The average molecular weight is 277 g/mol. The molecule has 0 aliphatic heterocycles. The first-order chi connectivity index (χ1) is 9.60. The lowest BCUT2D eigenvalue weighted by Gasteiger charge is -2.11. The highest BCUT2D eigenvalue weighted by Crippen LogP contribution is 2.18. The molecule has 1 aromatic carbocycles. The molecule has 0 spiro atoms. The maximum absolute atomic E-state index is 13.5. The lowest BCUT2D eigenvalue weighted by Crippen LogP contribution is -2.27. The van der Waals surface area contributed by atoms with Crippen LogP contribution >= 0.6 is 0 Å². The average Bonchev–Trinajstić information content (AvgIpc) is 2.92. The Morgan fingerprint density at radius 2 is 2.25 bits per heavy atom. The largest absolute Gasteiger partial charge is 0.494 e. The zero-order valence-electron chi connectivity index (χ0n) is 11.4. The number of carbonyl (C=O) groups excluding carboxylic acids is 1. The number of rotatable bonds is 5. The van der Waals surface area contributed by atoms with Crippen molar-refractivity contribution in [3.63, 3.8) is 0 Å². The van der Waals surface area contributed by atoms with E-state index in [0.717, 1.165) is 0 Å². The van der Waals surface area contributed by atoms with Crippen molar-refractivity contribution >= 4 is 5.91 Å².